The number of hydrogen-bond acceptors (Lipinski definition) is 6. The number of nitrogens with one attached hydrogen (secondary N) is 1. The first-order chi connectivity index (χ1) is 17.4. The van der Waals surface area contributed by atoms with Crippen molar-refractivity contribution in [3.63, 3.8) is 0 Å². The van der Waals surface area contributed by atoms with Crippen molar-refractivity contribution >= 4 is 38.6 Å². The number of sulfonamides is 1. The maximum atomic E-state index is 13.2. The predicted octanol–water partition coefficient (Wildman–Crippen LogP) is 4.42. The summed E-state index contributed by atoms with van der Waals surface area (Å²) in [6, 6.07) is 22.5. The summed E-state index contributed by atoms with van der Waals surface area (Å²) in [4.78, 5) is 12.8. The van der Waals surface area contributed by atoms with Crippen molar-refractivity contribution in [2.75, 3.05) is 10.9 Å². The molecule has 0 atom stereocenters. The second kappa shape index (κ2) is 9.35. The molecule has 0 fully saturated rings. The van der Waals surface area contributed by atoms with Crippen molar-refractivity contribution in [3.05, 3.63) is 95.6 Å². The Balaban J connectivity index is 1.29. The molecule has 9 heteroatoms. The van der Waals surface area contributed by atoms with Crippen LogP contribution in [0.3, 0.4) is 0 Å². The lowest BCUT2D eigenvalue weighted by molar-refractivity contribution is 0.0955. The normalized spacial score (nSPS) is 13.9. The molecule has 1 aliphatic rings. The van der Waals surface area contributed by atoms with Crippen LogP contribution in [0, 0.1) is 0 Å². The number of carbonyl (C=O) groups excluding carboxylic acids is 1. The van der Waals surface area contributed by atoms with Gasteiger partial charge in [-0.25, -0.2) is 13.8 Å². The summed E-state index contributed by atoms with van der Waals surface area (Å²) in [7, 11) is -3.67. The van der Waals surface area contributed by atoms with Gasteiger partial charge in [0.15, 0.2) is 11.5 Å². The van der Waals surface area contributed by atoms with Gasteiger partial charge in [0.25, 0.3) is 15.9 Å². The minimum absolute atomic E-state index is 0.0589. The fraction of sp³-hybridized carbons (Fsp3) is 0.111. The summed E-state index contributed by atoms with van der Waals surface area (Å²) < 4.78 is 33.1. The number of hydrogen-bond donors (Lipinski definition) is 2. The Morgan fingerprint density at radius 2 is 1.75 bits per heavy atom. The zero-order valence-corrected chi connectivity index (χ0v) is 20.2. The number of anilines is 1. The number of aromatic hydroxyl groups is 1. The summed E-state index contributed by atoms with van der Waals surface area (Å²) in [6.45, 7) is 2.37. The van der Waals surface area contributed by atoms with Crippen LogP contribution in [0.5, 0.6) is 11.5 Å². The molecule has 1 amide bonds. The molecule has 36 heavy (non-hydrogen) atoms. The first-order valence-electron chi connectivity index (χ1n) is 11.3. The van der Waals surface area contributed by atoms with Crippen molar-refractivity contribution in [1.82, 2.24) is 5.43 Å². The smallest absolute Gasteiger partial charge is 0.271 e. The summed E-state index contributed by atoms with van der Waals surface area (Å²) in [5.74, 6) is -0.164. The van der Waals surface area contributed by atoms with E-state index in [1.54, 1.807) is 60.7 Å². The van der Waals surface area contributed by atoms with Crippen LogP contribution >= 0.6 is 0 Å². The number of phenolic OH excluding ortho intramolecular Hbond substituents is 1. The van der Waals surface area contributed by atoms with Gasteiger partial charge in [0.05, 0.1) is 29.9 Å². The van der Waals surface area contributed by atoms with Gasteiger partial charge in [-0.15, -0.1) is 0 Å². The van der Waals surface area contributed by atoms with Gasteiger partial charge < -0.3 is 9.84 Å². The van der Waals surface area contributed by atoms with Gasteiger partial charge in [-0.1, -0.05) is 42.5 Å². The number of ether oxygens (including phenoxy) is 1. The Labute approximate surface area is 208 Å². The molecule has 2 N–H and O–H groups in total. The SMILES string of the molecule is CCOc1cccc(/C=N/NC(=O)c2ccc(CN3c4cccc5cccc(c45)S3(=O)=O)cc2)c1O. The third kappa shape index (κ3) is 4.14. The van der Waals surface area contributed by atoms with Crippen LogP contribution in [-0.2, 0) is 16.6 Å². The van der Waals surface area contributed by atoms with Gasteiger partial charge in [0, 0.05) is 16.5 Å². The van der Waals surface area contributed by atoms with E-state index in [1.807, 2.05) is 25.1 Å². The van der Waals surface area contributed by atoms with Gasteiger partial charge in [0.1, 0.15) is 0 Å². The molecule has 4 aromatic carbocycles. The lowest BCUT2D eigenvalue weighted by Gasteiger charge is -2.19. The van der Waals surface area contributed by atoms with E-state index in [9.17, 15) is 18.3 Å². The van der Waals surface area contributed by atoms with Crippen molar-refractivity contribution < 1.29 is 23.1 Å². The molecule has 0 saturated heterocycles. The summed E-state index contributed by atoms with van der Waals surface area (Å²) in [5.41, 5.74) is 4.58. The molecular weight excluding hydrogens is 478 g/mol. The van der Waals surface area contributed by atoms with Crippen molar-refractivity contribution in [1.29, 1.82) is 0 Å². The van der Waals surface area contributed by atoms with E-state index in [1.165, 1.54) is 10.5 Å². The second-order valence-corrected chi connectivity index (χ2v) is 10.00. The molecule has 0 aliphatic carbocycles. The monoisotopic (exact) mass is 501 g/mol. The number of rotatable bonds is 7. The number of carbonyl (C=O) groups is 1. The summed E-state index contributed by atoms with van der Waals surface area (Å²) in [5, 5.41) is 15.7. The van der Waals surface area contributed by atoms with E-state index in [-0.39, 0.29) is 12.3 Å². The van der Waals surface area contributed by atoms with Gasteiger partial charge in [-0.3, -0.25) is 9.10 Å². The average molecular weight is 502 g/mol. The third-order valence-electron chi connectivity index (χ3n) is 5.92. The van der Waals surface area contributed by atoms with Gasteiger partial charge >= 0.3 is 0 Å². The van der Waals surface area contributed by atoms with E-state index in [2.05, 4.69) is 10.5 Å². The second-order valence-electron chi connectivity index (χ2n) is 8.17. The van der Waals surface area contributed by atoms with Crippen molar-refractivity contribution in [2.24, 2.45) is 5.10 Å². The standard InChI is InChI=1S/C27H23N3O5S/c1-2-35-23-10-4-8-21(26(23)31)16-28-29-27(32)20-14-12-18(13-15-20)17-30-22-9-3-6-19-7-5-11-24(25(19)22)36(30,33)34/h3-16,31H,2,17H2,1H3,(H,29,32)/b28-16+. The Hall–Kier alpha value is -4.37. The number of amides is 1. The predicted molar refractivity (Wildman–Crippen MR) is 138 cm³/mol. The van der Waals surface area contributed by atoms with Crippen LogP contribution in [0.1, 0.15) is 28.4 Å². The molecule has 0 spiro atoms. The average Bonchev–Trinajstić information content (AvgIpc) is 3.10. The highest BCUT2D eigenvalue weighted by atomic mass is 32.2. The molecular formula is C27H23N3O5S. The number of para-hydroxylation sites is 1. The first kappa shape index (κ1) is 23.4. The van der Waals surface area contributed by atoms with Gasteiger partial charge in [-0.05, 0) is 54.3 Å². The van der Waals surface area contributed by atoms with E-state index in [4.69, 9.17) is 4.74 Å². The van der Waals surface area contributed by atoms with Crippen molar-refractivity contribution in [2.45, 2.75) is 18.4 Å². The highest BCUT2D eigenvalue weighted by molar-refractivity contribution is 7.93. The van der Waals surface area contributed by atoms with Crippen LogP contribution in [0.4, 0.5) is 5.69 Å². The van der Waals surface area contributed by atoms with Crippen LogP contribution in [0.25, 0.3) is 10.8 Å². The van der Waals surface area contributed by atoms with Crippen molar-refractivity contribution in [3.8, 4) is 11.5 Å². The number of benzene rings is 4. The minimum Gasteiger partial charge on any atom is -0.504 e. The van der Waals surface area contributed by atoms with Gasteiger partial charge in [0.2, 0.25) is 0 Å². The van der Waals surface area contributed by atoms with Crippen LogP contribution in [0.2, 0.25) is 0 Å². The molecule has 5 rings (SSSR count). The molecule has 0 saturated carbocycles. The zero-order chi connectivity index (χ0) is 25.3. The zero-order valence-electron chi connectivity index (χ0n) is 19.4. The van der Waals surface area contributed by atoms with E-state index in [0.29, 0.717) is 34.1 Å². The van der Waals surface area contributed by atoms with E-state index >= 15 is 0 Å². The van der Waals surface area contributed by atoms with E-state index in [0.717, 1.165) is 16.3 Å². The number of hydrazone groups is 1. The topological polar surface area (TPSA) is 108 Å². The van der Waals surface area contributed by atoms with E-state index < -0.39 is 15.9 Å². The molecule has 182 valence electrons. The molecule has 4 aromatic rings. The van der Waals surface area contributed by atoms with Crippen LogP contribution < -0.4 is 14.5 Å². The Kier molecular flexibility index (Phi) is 6.07. The highest BCUT2D eigenvalue weighted by Gasteiger charge is 2.35. The fourth-order valence-corrected chi connectivity index (χ4v) is 5.89. The third-order valence-corrected chi connectivity index (χ3v) is 7.73. The summed E-state index contributed by atoms with van der Waals surface area (Å²) in [6.07, 6.45) is 1.33. The molecule has 1 heterocycles. The van der Waals surface area contributed by atoms with Crippen LogP contribution in [0.15, 0.2) is 88.9 Å². The molecule has 1 aliphatic heterocycles. The Morgan fingerprint density at radius 1 is 1.03 bits per heavy atom. The van der Waals surface area contributed by atoms with Crippen LogP contribution in [-0.4, -0.2) is 32.3 Å². The molecule has 0 unspecified atom stereocenters. The maximum absolute atomic E-state index is 13.2. The molecule has 0 radical (unpaired) electrons. The molecule has 0 bridgehead atoms. The maximum Gasteiger partial charge on any atom is 0.271 e. The lowest BCUT2D eigenvalue weighted by Crippen LogP contribution is -2.26. The first-order valence-corrected chi connectivity index (χ1v) is 12.8. The van der Waals surface area contributed by atoms with Gasteiger partial charge in [-0.2, -0.15) is 5.10 Å². The number of phenols is 1. The Bertz CT molecular complexity index is 1590. The number of nitrogens with zero attached hydrogens (tertiary/aromatic N) is 2. The lowest BCUT2D eigenvalue weighted by atomic mass is 10.1. The molecule has 0 aromatic heterocycles. The molecule has 8 nitrogen and oxygen atoms in total. The Morgan fingerprint density at radius 3 is 2.50 bits per heavy atom. The highest BCUT2D eigenvalue weighted by Crippen LogP contribution is 2.42. The quantitative estimate of drug-likeness (QED) is 0.288. The summed E-state index contributed by atoms with van der Waals surface area (Å²) >= 11 is 0. The largest absolute Gasteiger partial charge is 0.504 e. The fourth-order valence-electron chi connectivity index (χ4n) is 4.20. The minimum atomic E-state index is -3.67.